The molecule has 1 aliphatic heterocycles. The lowest BCUT2D eigenvalue weighted by Crippen LogP contribution is -2.58. The zero-order chi connectivity index (χ0) is 28.1. The number of carbonyl (C=O) groups is 3. The van der Waals surface area contributed by atoms with Gasteiger partial charge in [0.25, 0.3) is 5.91 Å². The lowest BCUT2D eigenvalue weighted by atomic mass is 9.90. The van der Waals surface area contributed by atoms with Crippen molar-refractivity contribution in [3.05, 3.63) is 54.1 Å². The number of aryl methyl sites for hydroxylation is 2. The monoisotopic (exact) mass is 540 g/mol. The quantitative estimate of drug-likeness (QED) is 0.405. The van der Waals surface area contributed by atoms with Gasteiger partial charge in [-0.2, -0.15) is 13.2 Å². The van der Waals surface area contributed by atoms with E-state index in [2.05, 4.69) is 17.6 Å². The average molecular weight is 541 g/mol. The number of nitrogens with zero attached hydrogens (tertiary/aromatic N) is 4. The van der Waals surface area contributed by atoms with Crippen LogP contribution in [0, 0.1) is 5.92 Å². The van der Waals surface area contributed by atoms with Crippen molar-refractivity contribution in [2.45, 2.75) is 32.1 Å². The number of benzene rings is 2. The van der Waals surface area contributed by atoms with Crippen LogP contribution in [0.2, 0.25) is 0 Å². The number of nitrogens with two attached hydrogens (primary N) is 1. The van der Waals surface area contributed by atoms with Crippen molar-refractivity contribution in [2.24, 2.45) is 18.7 Å². The van der Waals surface area contributed by atoms with Gasteiger partial charge >= 0.3 is 12.1 Å². The molecule has 9 nitrogen and oxygen atoms in total. The van der Waals surface area contributed by atoms with Gasteiger partial charge in [0.05, 0.1) is 28.7 Å². The molecule has 5 rings (SSSR count). The van der Waals surface area contributed by atoms with Crippen LogP contribution in [0.3, 0.4) is 0 Å². The number of rotatable bonds is 5. The minimum absolute atomic E-state index is 0.0292. The van der Waals surface area contributed by atoms with Crippen LogP contribution in [0.5, 0.6) is 0 Å². The van der Waals surface area contributed by atoms with E-state index in [1.54, 1.807) is 18.2 Å². The number of imidazole rings is 1. The number of hydrogen-bond donors (Lipinski definition) is 2. The lowest BCUT2D eigenvalue weighted by Gasteiger charge is -2.37. The molecule has 204 valence electrons. The molecule has 4 aromatic rings. The Kier molecular flexibility index (Phi) is 6.57. The van der Waals surface area contributed by atoms with Gasteiger partial charge in [-0.05, 0) is 43.7 Å². The summed E-state index contributed by atoms with van der Waals surface area (Å²) in [6.07, 6.45) is -5.10. The van der Waals surface area contributed by atoms with Gasteiger partial charge in [0.1, 0.15) is 0 Å². The number of hydrogen-bond acceptors (Lipinski definition) is 4. The zero-order valence-corrected chi connectivity index (χ0v) is 21.3. The van der Waals surface area contributed by atoms with E-state index in [0.717, 1.165) is 34.5 Å². The van der Waals surface area contributed by atoms with Gasteiger partial charge in [0.2, 0.25) is 5.91 Å². The van der Waals surface area contributed by atoms with E-state index >= 15 is 0 Å². The number of likely N-dealkylation sites (tertiary alicyclic amines) is 1. The number of primary amides is 1. The molecule has 12 heteroatoms. The first-order valence-electron chi connectivity index (χ1n) is 12.5. The van der Waals surface area contributed by atoms with E-state index < -0.39 is 35.9 Å². The van der Waals surface area contributed by atoms with Gasteiger partial charge in [-0.25, -0.2) is 4.98 Å². The molecule has 0 spiro atoms. The first kappa shape index (κ1) is 26.3. The van der Waals surface area contributed by atoms with Crippen molar-refractivity contribution < 1.29 is 27.6 Å². The fourth-order valence-corrected chi connectivity index (χ4v) is 5.35. The molecule has 0 bridgehead atoms. The molecule has 0 aliphatic carbocycles. The van der Waals surface area contributed by atoms with Crippen molar-refractivity contribution in [1.29, 1.82) is 0 Å². The molecule has 1 saturated heterocycles. The molecule has 39 heavy (non-hydrogen) atoms. The number of aromatic nitrogens is 3. The molecule has 2 unspecified atom stereocenters. The minimum atomic E-state index is -5.13. The van der Waals surface area contributed by atoms with Crippen molar-refractivity contribution in [3.8, 4) is 11.5 Å². The third kappa shape index (κ3) is 4.70. The van der Waals surface area contributed by atoms with E-state index in [0.29, 0.717) is 11.1 Å². The number of amides is 3. The Morgan fingerprint density at radius 2 is 1.85 bits per heavy atom. The second-order valence-electron chi connectivity index (χ2n) is 9.66. The van der Waals surface area contributed by atoms with Crippen LogP contribution in [0.4, 0.5) is 13.2 Å². The normalized spacial score (nSPS) is 18.0. The van der Waals surface area contributed by atoms with Crippen LogP contribution in [0.25, 0.3) is 33.5 Å². The molecular formula is C27H27F3N6O3. The summed E-state index contributed by atoms with van der Waals surface area (Å²) in [6.45, 7) is 2.62. The molecule has 2 aromatic carbocycles. The van der Waals surface area contributed by atoms with E-state index in [-0.39, 0.29) is 19.5 Å². The van der Waals surface area contributed by atoms with E-state index in [4.69, 9.17) is 10.7 Å². The van der Waals surface area contributed by atoms with Gasteiger partial charge in [-0.3, -0.25) is 14.4 Å². The Morgan fingerprint density at radius 3 is 2.54 bits per heavy atom. The van der Waals surface area contributed by atoms with Crippen LogP contribution < -0.4 is 11.1 Å². The summed E-state index contributed by atoms with van der Waals surface area (Å²) >= 11 is 0. The first-order chi connectivity index (χ1) is 18.5. The van der Waals surface area contributed by atoms with Crippen LogP contribution in [-0.2, 0) is 23.2 Å². The fraction of sp³-hybridized carbons (Fsp3) is 0.333. The Balaban J connectivity index is 1.44. The van der Waals surface area contributed by atoms with Crippen LogP contribution in [-0.4, -0.2) is 62.0 Å². The predicted molar refractivity (Wildman–Crippen MR) is 139 cm³/mol. The summed E-state index contributed by atoms with van der Waals surface area (Å²) in [7, 11) is 1.90. The summed E-state index contributed by atoms with van der Waals surface area (Å²) in [6, 6.07) is 13.9. The Hall–Kier alpha value is -4.35. The van der Waals surface area contributed by atoms with Crippen molar-refractivity contribution >= 4 is 39.7 Å². The third-order valence-corrected chi connectivity index (χ3v) is 7.32. The second kappa shape index (κ2) is 9.75. The highest BCUT2D eigenvalue weighted by molar-refractivity contribution is 5.98. The maximum absolute atomic E-state index is 13.4. The highest BCUT2D eigenvalue weighted by Crippen LogP contribution is 2.31. The molecule has 2 atom stereocenters. The van der Waals surface area contributed by atoms with Crippen LogP contribution >= 0.6 is 0 Å². The van der Waals surface area contributed by atoms with Gasteiger partial charge in [0.15, 0.2) is 5.82 Å². The minimum Gasteiger partial charge on any atom is -0.369 e. The number of piperidine rings is 1. The number of fused-ring (bicyclic) bond motifs is 2. The van der Waals surface area contributed by atoms with E-state index in [1.165, 1.54) is 4.90 Å². The van der Waals surface area contributed by atoms with Crippen molar-refractivity contribution in [3.63, 3.8) is 0 Å². The lowest BCUT2D eigenvalue weighted by molar-refractivity contribution is -0.175. The van der Waals surface area contributed by atoms with E-state index in [9.17, 15) is 27.6 Å². The summed E-state index contributed by atoms with van der Waals surface area (Å²) in [4.78, 5) is 42.9. The average Bonchev–Trinajstić information content (AvgIpc) is 3.44. The van der Waals surface area contributed by atoms with E-state index in [1.807, 2.05) is 41.2 Å². The van der Waals surface area contributed by atoms with Gasteiger partial charge in [0, 0.05) is 43.1 Å². The standard InChI is InChI=1S/C27H27F3N6O3/c1-3-36-20-7-5-4-6-15(20)13-22(36)24-32-18-12-16(8-9-21(18)34(24)2)25(38)35-11-10-17(23(31)37)19(14-35)33-26(39)27(28,29)30/h4-9,12-13,17,19H,3,10-11,14H2,1-2H3,(H2,31,37)(H,33,39). The summed E-state index contributed by atoms with van der Waals surface area (Å²) in [5.74, 6) is -3.75. The molecule has 1 fully saturated rings. The van der Waals surface area contributed by atoms with Gasteiger partial charge in [-0.1, -0.05) is 18.2 Å². The number of para-hydroxylation sites is 1. The second-order valence-corrected chi connectivity index (χ2v) is 9.66. The Labute approximate surface area is 221 Å². The van der Waals surface area contributed by atoms with Gasteiger partial charge < -0.3 is 25.1 Å². The molecule has 3 heterocycles. The van der Waals surface area contributed by atoms with Crippen molar-refractivity contribution in [1.82, 2.24) is 24.3 Å². The number of halogens is 3. The Morgan fingerprint density at radius 1 is 1.10 bits per heavy atom. The molecule has 2 aromatic heterocycles. The maximum Gasteiger partial charge on any atom is 0.471 e. The molecule has 0 radical (unpaired) electrons. The van der Waals surface area contributed by atoms with Gasteiger partial charge in [-0.15, -0.1) is 0 Å². The number of alkyl halides is 3. The summed E-state index contributed by atoms with van der Waals surface area (Å²) in [5.41, 5.74) is 9.06. The third-order valence-electron chi connectivity index (χ3n) is 7.32. The number of nitrogens with one attached hydrogen (secondary N) is 1. The predicted octanol–water partition coefficient (Wildman–Crippen LogP) is 3.21. The van der Waals surface area contributed by atoms with Crippen LogP contribution in [0.15, 0.2) is 48.5 Å². The molecule has 3 N–H and O–H groups in total. The SMILES string of the molecule is CCn1c(-c2nc3cc(C(=O)N4CCC(C(N)=O)C(NC(=O)C(F)(F)F)C4)ccc3n2C)cc2ccccc21. The summed E-state index contributed by atoms with van der Waals surface area (Å²) < 4.78 is 42.7. The highest BCUT2D eigenvalue weighted by atomic mass is 19.4. The van der Waals surface area contributed by atoms with Crippen molar-refractivity contribution in [2.75, 3.05) is 13.1 Å². The zero-order valence-electron chi connectivity index (χ0n) is 21.3. The summed E-state index contributed by atoms with van der Waals surface area (Å²) in [5, 5.41) is 2.92. The topological polar surface area (TPSA) is 115 Å². The smallest absolute Gasteiger partial charge is 0.369 e. The molecule has 3 amide bonds. The fourth-order valence-electron chi connectivity index (χ4n) is 5.35. The van der Waals surface area contributed by atoms with Crippen LogP contribution in [0.1, 0.15) is 23.7 Å². The molecule has 0 saturated carbocycles. The highest BCUT2D eigenvalue weighted by Gasteiger charge is 2.43. The molecular weight excluding hydrogens is 513 g/mol. The number of carbonyl (C=O) groups excluding carboxylic acids is 3. The maximum atomic E-state index is 13.4. The molecule has 1 aliphatic rings. The first-order valence-corrected chi connectivity index (χ1v) is 12.5. The Bertz CT molecular complexity index is 1610. The largest absolute Gasteiger partial charge is 0.471 e.